The fraction of sp³-hybridized carbons (Fsp3) is 0.381. The molecule has 0 spiro atoms. The van der Waals surface area contributed by atoms with Gasteiger partial charge in [0, 0.05) is 25.0 Å². The van der Waals surface area contributed by atoms with Crippen LogP contribution in [0.3, 0.4) is 0 Å². The molecule has 16 heteroatoms. The average molecular weight is 543 g/mol. The van der Waals surface area contributed by atoms with Gasteiger partial charge in [-0.1, -0.05) is 6.07 Å². The maximum absolute atomic E-state index is 13.9. The average Bonchev–Trinajstić information content (AvgIpc) is 3.52. The highest BCUT2D eigenvalue weighted by Crippen LogP contribution is 2.52. The van der Waals surface area contributed by atoms with Crippen LogP contribution < -0.4 is 10.1 Å². The number of anilines is 1. The van der Waals surface area contributed by atoms with Crippen LogP contribution in [0.15, 0.2) is 24.4 Å². The van der Waals surface area contributed by atoms with Crippen LogP contribution in [-0.4, -0.2) is 28.8 Å². The first-order valence-electron chi connectivity index (χ1n) is 10.1. The molecule has 0 bridgehead atoms. The van der Waals surface area contributed by atoms with Gasteiger partial charge in [-0.15, -0.1) is 0 Å². The van der Waals surface area contributed by atoms with Crippen molar-refractivity contribution in [2.75, 3.05) is 5.32 Å². The first kappa shape index (κ1) is 27.8. The number of halogens is 10. The lowest BCUT2D eigenvalue weighted by atomic mass is 9.89. The molecule has 2 aromatic rings. The Labute approximate surface area is 201 Å². The number of nitrogens with one attached hydrogen (secondary N) is 2. The normalized spacial score (nSPS) is 15.9. The third kappa shape index (κ3) is 5.20. The maximum Gasteiger partial charge on any atom is 0.459 e. The Bertz CT molecular complexity index is 1270. The first-order chi connectivity index (χ1) is 17.0. The van der Waals surface area contributed by atoms with Crippen LogP contribution in [0.2, 0.25) is 0 Å². The van der Waals surface area contributed by atoms with Crippen LogP contribution in [0.25, 0.3) is 5.57 Å². The van der Waals surface area contributed by atoms with Crippen molar-refractivity contribution in [3.05, 3.63) is 46.8 Å². The van der Waals surface area contributed by atoms with Gasteiger partial charge in [-0.25, -0.2) is 4.68 Å². The quantitative estimate of drug-likeness (QED) is 0.300. The molecule has 3 rings (SSSR count). The van der Waals surface area contributed by atoms with E-state index in [0.29, 0.717) is 17.0 Å². The Morgan fingerprint density at radius 1 is 1.19 bits per heavy atom. The predicted octanol–water partition coefficient (Wildman–Crippen LogP) is 6.35. The van der Waals surface area contributed by atoms with Crippen molar-refractivity contribution >= 4 is 17.6 Å². The van der Waals surface area contributed by atoms with Crippen molar-refractivity contribution in [3.63, 3.8) is 0 Å². The summed E-state index contributed by atoms with van der Waals surface area (Å²) in [6, 6.07) is 4.45. The molecule has 0 radical (unpaired) electrons. The van der Waals surface area contributed by atoms with E-state index in [1.165, 1.54) is 0 Å². The molecule has 1 aromatic heterocycles. The summed E-state index contributed by atoms with van der Waals surface area (Å²) in [7, 11) is 0.842. The zero-order valence-electron chi connectivity index (χ0n) is 18.4. The van der Waals surface area contributed by atoms with Gasteiger partial charge in [0.15, 0.2) is 17.3 Å². The maximum atomic E-state index is 13.9. The van der Waals surface area contributed by atoms with Crippen LogP contribution >= 0.6 is 0 Å². The molecule has 1 fully saturated rings. The number of benzene rings is 1. The number of aromatic nitrogens is 2. The molecular formula is C21H15F10N5O. The molecule has 1 heterocycles. The van der Waals surface area contributed by atoms with Crippen LogP contribution in [0, 0.1) is 16.7 Å². The van der Waals surface area contributed by atoms with E-state index in [-0.39, 0.29) is 29.5 Å². The van der Waals surface area contributed by atoms with E-state index in [2.05, 4.69) is 15.2 Å². The minimum absolute atomic E-state index is 0.0635. The number of hydrogen-bond donors (Lipinski definition) is 2. The molecule has 2 N–H and O–H groups in total. The van der Waals surface area contributed by atoms with Crippen molar-refractivity contribution in [2.45, 2.75) is 43.1 Å². The molecule has 1 saturated carbocycles. The van der Waals surface area contributed by atoms with E-state index >= 15 is 0 Å². The Kier molecular flexibility index (Phi) is 6.97. The largest absolute Gasteiger partial charge is 0.459 e. The molecule has 0 amide bonds. The van der Waals surface area contributed by atoms with Gasteiger partial charge in [0.05, 0.1) is 17.0 Å². The number of hydrogen-bond acceptors (Lipinski definition) is 5. The topological polar surface area (TPSA) is 86.7 Å². The van der Waals surface area contributed by atoms with Crippen LogP contribution in [-0.2, 0) is 24.6 Å². The number of rotatable bonds is 8. The molecule has 1 aromatic carbocycles. The number of alkyl halides is 10. The minimum Gasteiger partial charge on any atom is -0.429 e. The van der Waals surface area contributed by atoms with E-state index in [4.69, 9.17) is 5.41 Å². The first-order valence-corrected chi connectivity index (χ1v) is 10.1. The molecule has 1 aliphatic rings. The Hall–Kier alpha value is -3.77. The van der Waals surface area contributed by atoms with Crippen LogP contribution in [0.1, 0.15) is 35.2 Å². The van der Waals surface area contributed by atoms with Crippen molar-refractivity contribution in [1.29, 1.82) is 10.7 Å². The van der Waals surface area contributed by atoms with E-state index < -0.39 is 53.1 Å². The molecule has 200 valence electrons. The van der Waals surface area contributed by atoms with Gasteiger partial charge in [0.25, 0.3) is 0 Å². The van der Waals surface area contributed by atoms with Crippen molar-refractivity contribution in [1.82, 2.24) is 9.78 Å². The number of nitriles is 1. The van der Waals surface area contributed by atoms with E-state index in [1.54, 1.807) is 0 Å². The summed E-state index contributed by atoms with van der Waals surface area (Å²) >= 11 is 0. The molecular weight excluding hydrogens is 528 g/mol. The van der Waals surface area contributed by atoms with Crippen LogP contribution in [0.4, 0.5) is 49.7 Å². The molecule has 1 aliphatic carbocycles. The third-order valence-electron chi connectivity index (χ3n) is 5.52. The zero-order valence-corrected chi connectivity index (χ0v) is 18.4. The summed E-state index contributed by atoms with van der Waals surface area (Å²) in [6.45, 7) is -3.82. The summed E-state index contributed by atoms with van der Waals surface area (Å²) in [5, 5.41) is 22.1. The number of nitrogens with zero attached hydrogens (tertiary/aromatic N) is 3. The second kappa shape index (κ2) is 9.27. The monoisotopic (exact) mass is 543 g/mol. The van der Waals surface area contributed by atoms with Gasteiger partial charge in [0.1, 0.15) is 0 Å². The third-order valence-corrected chi connectivity index (χ3v) is 5.52. The number of ether oxygens (including phenoxy) is 1. The minimum atomic E-state index is -6.20. The molecule has 0 unspecified atom stereocenters. The molecule has 6 nitrogen and oxygen atoms in total. The Morgan fingerprint density at radius 2 is 1.81 bits per heavy atom. The lowest BCUT2D eigenvalue weighted by molar-refractivity contribution is -0.291. The SMILES string of the molecule is Cn1nc(C(F)(F)C(F)(F)F)c(OC(F)F)c1N/C=C(\C=N)c1ccc(C(F)(F)F)c(C2(C#N)CC2)c1. The lowest BCUT2D eigenvalue weighted by Gasteiger charge is -2.19. The van der Waals surface area contributed by atoms with E-state index in [1.807, 2.05) is 6.07 Å². The second-order valence-electron chi connectivity index (χ2n) is 7.94. The van der Waals surface area contributed by atoms with Crippen molar-refractivity contribution in [2.24, 2.45) is 7.05 Å². The number of aryl methyl sites for hydroxylation is 1. The predicted molar refractivity (Wildman–Crippen MR) is 108 cm³/mol. The molecule has 37 heavy (non-hydrogen) atoms. The summed E-state index contributed by atoms with van der Waals surface area (Å²) < 4.78 is 137. The highest BCUT2D eigenvalue weighted by molar-refractivity contribution is 6.08. The summed E-state index contributed by atoms with van der Waals surface area (Å²) in [6.07, 6.45) is -9.32. The summed E-state index contributed by atoms with van der Waals surface area (Å²) in [5.74, 6) is -8.20. The van der Waals surface area contributed by atoms with E-state index in [0.717, 1.165) is 25.4 Å². The van der Waals surface area contributed by atoms with Crippen molar-refractivity contribution < 1.29 is 48.6 Å². The molecule has 0 atom stereocenters. The van der Waals surface area contributed by atoms with Gasteiger partial charge < -0.3 is 15.5 Å². The lowest BCUT2D eigenvalue weighted by Crippen LogP contribution is -2.34. The van der Waals surface area contributed by atoms with Crippen LogP contribution in [0.5, 0.6) is 5.75 Å². The van der Waals surface area contributed by atoms with Gasteiger partial charge in [-0.05, 0) is 36.1 Å². The Morgan fingerprint density at radius 3 is 2.27 bits per heavy atom. The summed E-state index contributed by atoms with van der Waals surface area (Å²) in [5.41, 5.74) is -5.30. The smallest absolute Gasteiger partial charge is 0.429 e. The summed E-state index contributed by atoms with van der Waals surface area (Å²) in [4.78, 5) is 0. The van der Waals surface area contributed by atoms with E-state index in [9.17, 15) is 49.2 Å². The standard InChI is InChI=1S/C21H15F10N5O/c1-36-16(14(37-17(22)23)15(35-36)19(24,25)21(29,30)31)34-8-11(7-32)10-2-3-12(20(26,27)28)13(6-10)18(9-33)4-5-18/h2-3,6-8,17,32,34H,4-5H2,1H3/b11-8+,32-7?. The second-order valence-corrected chi connectivity index (χ2v) is 7.94. The highest BCUT2D eigenvalue weighted by Gasteiger charge is 2.62. The Balaban J connectivity index is 2.09. The van der Waals surface area contributed by atoms with Gasteiger partial charge in [-0.3, -0.25) is 0 Å². The van der Waals surface area contributed by atoms with Gasteiger partial charge >= 0.3 is 24.9 Å². The van der Waals surface area contributed by atoms with Gasteiger partial charge in [0.2, 0.25) is 0 Å². The van der Waals surface area contributed by atoms with Crippen molar-refractivity contribution in [3.8, 4) is 11.8 Å². The highest BCUT2D eigenvalue weighted by atomic mass is 19.4. The fourth-order valence-corrected chi connectivity index (χ4v) is 3.49. The number of allylic oxidation sites excluding steroid dienone is 1. The molecule has 0 saturated heterocycles. The zero-order chi connectivity index (χ0) is 28.0. The van der Waals surface area contributed by atoms with Gasteiger partial charge in [-0.2, -0.15) is 54.3 Å². The molecule has 0 aliphatic heterocycles. The fourth-order valence-electron chi connectivity index (χ4n) is 3.49.